The third-order valence-electron chi connectivity index (χ3n) is 2.92. The van der Waals surface area contributed by atoms with Crippen molar-refractivity contribution in [1.82, 2.24) is 25.0 Å². The molecular weight excluding hydrogens is 240 g/mol. The number of aromatic nitrogens is 5. The van der Waals surface area contributed by atoms with Crippen molar-refractivity contribution in [2.24, 2.45) is 0 Å². The highest BCUT2D eigenvalue weighted by Crippen LogP contribution is 2.18. The minimum absolute atomic E-state index is 0.180. The van der Waals surface area contributed by atoms with E-state index in [-0.39, 0.29) is 6.04 Å². The first-order chi connectivity index (χ1) is 9.33. The van der Waals surface area contributed by atoms with Crippen molar-refractivity contribution >= 4 is 5.69 Å². The third-order valence-corrected chi connectivity index (χ3v) is 2.92. The molecule has 6 heteroatoms. The number of aromatic amines is 1. The van der Waals surface area contributed by atoms with Gasteiger partial charge in [0.25, 0.3) is 0 Å². The lowest BCUT2D eigenvalue weighted by atomic mass is 10.2. The molecule has 3 rings (SSSR count). The maximum Gasteiger partial charge on any atom is 0.138 e. The Bertz CT molecular complexity index is 612. The molecule has 19 heavy (non-hydrogen) atoms. The zero-order valence-corrected chi connectivity index (χ0v) is 10.5. The average molecular weight is 254 g/mol. The second kappa shape index (κ2) is 4.93. The Morgan fingerprint density at radius 1 is 1.21 bits per heavy atom. The number of hydrogen-bond donors (Lipinski definition) is 2. The van der Waals surface area contributed by atoms with E-state index < -0.39 is 0 Å². The summed E-state index contributed by atoms with van der Waals surface area (Å²) in [4.78, 5) is 3.93. The molecule has 0 bridgehead atoms. The first kappa shape index (κ1) is 11.5. The van der Waals surface area contributed by atoms with Crippen LogP contribution < -0.4 is 5.32 Å². The highest BCUT2D eigenvalue weighted by molar-refractivity contribution is 5.49. The van der Waals surface area contributed by atoms with Crippen LogP contribution in [0.4, 0.5) is 5.69 Å². The summed E-state index contributed by atoms with van der Waals surface area (Å²) >= 11 is 0. The van der Waals surface area contributed by atoms with Crippen LogP contribution in [0.2, 0.25) is 0 Å². The molecule has 3 aromatic rings. The van der Waals surface area contributed by atoms with Gasteiger partial charge in [-0.3, -0.25) is 5.10 Å². The number of hydrogen-bond acceptors (Lipinski definition) is 4. The molecule has 0 saturated carbocycles. The molecule has 1 aromatic carbocycles. The molecule has 1 unspecified atom stereocenters. The van der Waals surface area contributed by atoms with Gasteiger partial charge in [-0.05, 0) is 37.3 Å². The van der Waals surface area contributed by atoms with E-state index in [1.165, 1.54) is 6.33 Å². The van der Waals surface area contributed by atoms with Crippen LogP contribution in [0.25, 0.3) is 5.69 Å². The van der Waals surface area contributed by atoms with E-state index in [1.54, 1.807) is 17.2 Å². The van der Waals surface area contributed by atoms with Crippen LogP contribution in [-0.4, -0.2) is 25.0 Å². The molecule has 96 valence electrons. The monoisotopic (exact) mass is 254 g/mol. The second-order valence-electron chi connectivity index (χ2n) is 4.26. The Kier molecular flexibility index (Phi) is 2.97. The molecule has 0 aliphatic carbocycles. The van der Waals surface area contributed by atoms with Crippen LogP contribution in [0.1, 0.15) is 18.7 Å². The lowest BCUT2D eigenvalue weighted by Crippen LogP contribution is -2.07. The summed E-state index contributed by atoms with van der Waals surface area (Å²) in [5.41, 5.74) is 3.09. The van der Waals surface area contributed by atoms with Crippen LogP contribution in [0.3, 0.4) is 0 Å². The van der Waals surface area contributed by atoms with Gasteiger partial charge in [-0.25, -0.2) is 9.67 Å². The van der Waals surface area contributed by atoms with E-state index in [2.05, 4.69) is 32.5 Å². The Labute approximate surface area is 110 Å². The van der Waals surface area contributed by atoms with Gasteiger partial charge in [-0.2, -0.15) is 10.2 Å². The molecule has 0 aliphatic heterocycles. The summed E-state index contributed by atoms with van der Waals surface area (Å²) in [5, 5.41) is 14.4. The van der Waals surface area contributed by atoms with Crippen molar-refractivity contribution in [3.8, 4) is 5.69 Å². The molecule has 0 spiro atoms. The highest BCUT2D eigenvalue weighted by atomic mass is 15.3. The Morgan fingerprint density at radius 2 is 2.05 bits per heavy atom. The Balaban J connectivity index is 1.73. The van der Waals surface area contributed by atoms with E-state index in [0.717, 1.165) is 17.1 Å². The number of anilines is 1. The van der Waals surface area contributed by atoms with E-state index in [0.29, 0.717) is 0 Å². The zero-order valence-electron chi connectivity index (χ0n) is 10.5. The summed E-state index contributed by atoms with van der Waals surface area (Å²) in [6.45, 7) is 2.08. The second-order valence-corrected chi connectivity index (χ2v) is 4.26. The van der Waals surface area contributed by atoms with Gasteiger partial charge in [0.1, 0.15) is 12.7 Å². The number of nitrogens with one attached hydrogen (secondary N) is 2. The maximum atomic E-state index is 4.09. The third kappa shape index (κ3) is 2.47. The normalized spacial score (nSPS) is 12.3. The molecule has 2 aromatic heterocycles. The van der Waals surface area contributed by atoms with E-state index in [4.69, 9.17) is 0 Å². The van der Waals surface area contributed by atoms with Crippen LogP contribution in [0, 0.1) is 0 Å². The predicted molar refractivity (Wildman–Crippen MR) is 72.0 cm³/mol. The molecule has 0 fully saturated rings. The average Bonchev–Trinajstić information content (AvgIpc) is 3.13. The number of nitrogens with zero attached hydrogens (tertiary/aromatic N) is 4. The van der Waals surface area contributed by atoms with Gasteiger partial charge < -0.3 is 5.32 Å². The maximum absolute atomic E-state index is 4.09. The first-order valence-corrected chi connectivity index (χ1v) is 6.04. The smallest absolute Gasteiger partial charge is 0.138 e. The SMILES string of the molecule is CC(Nc1ccc(-n2cncn2)cc1)c1ccn[nH]1. The van der Waals surface area contributed by atoms with Gasteiger partial charge in [0, 0.05) is 11.9 Å². The molecule has 0 radical (unpaired) electrons. The quantitative estimate of drug-likeness (QED) is 0.748. The fourth-order valence-electron chi connectivity index (χ4n) is 1.89. The molecule has 6 nitrogen and oxygen atoms in total. The van der Waals surface area contributed by atoms with Crippen LogP contribution in [0.15, 0.2) is 49.2 Å². The van der Waals surface area contributed by atoms with Gasteiger partial charge >= 0.3 is 0 Å². The van der Waals surface area contributed by atoms with Gasteiger partial charge in [0.2, 0.25) is 0 Å². The topological polar surface area (TPSA) is 71.4 Å². The molecule has 0 saturated heterocycles. The highest BCUT2D eigenvalue weighted by Gasteiger charge is 2.06. The summed E-state index contributed by atoms with van der Waals surface area (Å²) in [5.74, 6) is 0. The van der Waals surface area contributed by atoms with Crippen LogP contribution in [0.5, 0.6) is 0 Å². The fourth-order valence-corrected chi connectivity index (χ4v) is 1.89. The Morgan fingerprint density at radius 3 is 2.68 bits per heavy atom. The number of H-pyrrole nitrogens is 1. The molecule has 0 aliphatic rings. The molecule has 0 amide bonds. The van der Waals surface area contributed by atoms with Crippen molar-refractivity contribution in [3.63, 3.8) is 0 Å². The van der Waals surface area contributed by atoms with Crippen molar-refractivity contribution < 1.29 is 0 Å². The lowest BCUT2D eigenvalue weighted by Gasteiger charge is -2.13. The largest absolute Gasteiger partial charge is 0.377 e. The number of rotatable bonds is 4. The van der Waals surface area contributed by atoms with E-state index in [1.807, 2.05) is 30.3 Å². The molecule has 1 atom stereocenters. The number of benzene rings is 1. The summed E-state index contributed by atoms with van der Waals surface area (Å²) in [6.07, 6.45) is 4.95. The standard InChI is InChI=1S/C13H14N6/c1-10(13-6-7-15-18-13)17-11-2-4-12(5-3-11)19-9-14-8-16-19/h2-10,17H,1H3,(H,15,18). The molecule has 2 N–H and O–H groups in total. The summed E-state index contributed by atoms with van der Waals surface area (Å²) in [7, 11) is 0. The Hall–Kier alpha value is -2.63. The molecule has 2 heterocycles. The first-order valence-electron chi connectivity index (χ1n) is 6.04. The fraction of sp³-hybridized carbons (Fsp3) is 0.154. The van der Waals surface area contributed by atoms with E-state index in [9.17, 15) is 0 Å². The van der Waals surface area contributed by atoms with Gasteiger partial charge in [0.05, 0.1) is 17.4 Å². The van der Waals surface area contributed by atoms with Crippen molar-refractivity contribution in [2.45, 2.75) is 13.0 Å². The zero-order chi connectivity index (χ0) is 13.1. The lowest BCUT2D eigenvalue weighted by molar-refractivity contribution is 0.825. The predicted octanol–water partition coefficient (Wildman–Crippen LogP) is 2.16. The van der Waals surface area contributed by atoms with Crippen molar-refractivity contribution in [2.75, 3.05) is 5.32 Å². The van der Waals surface area contributed by atoms with Gasteiger partial charge in [-0.15, -0.1) is 0 Å². The van der Waals surface area contributed by atoms with E-state index >= 15 is 0 Å². The minimum Gasteiger partial charge on any atom is -0.377 e. The minimum atomic E-state index is 0.180. The van der Waals surface area contributed by atoms with Gasteiger partial charge in [-0.1, -0.05) is 0 Å². The molecular formula is C13H14N6. The van der Waals surface area contributed by atoms with Crippen LogP contribution in [-0.2, 0) is 0 Å². The van der Waals surface area contributed by atoms with Crippen molar-refractivity contribution in [3.05, 3.63) is 54.9 Å². The van der Waals surface area contributed by atoms with Gasteiger partial charge in [0.15, 0.2) is 0 Å². The summed E-state index contributed by atoms with van der Waals surface area (Å²) < 4.78 is 1.72. The van der Waals surface area contributed by atoms with Crippen molar-refractivity contribution in [1.29, 1.82) is 0 Å². The van der Waals surface area contributed by atoms with Crippen LogP contribution >= 0.6 is 0 Å². The summed E-state index contributed by atoms with van der Waals surface area (Å²) in [6, 6.07) is 10.2.